The summed E-state index contributed by atoms with van der Waals surface area (Å²) in [6.45, 7) is 2.03. The van der Waals surface area contributed by atoms with Gasteiger partial charge in [0.25, 0.3) is 0 Å². The van der Waals surface area contributed by atoms with Crippen LogP contribution < -0.4 is 15.2 Å². The molecule has 1 amide bonds. The van der Waals surface area contributed by atoms with Crippen LogP contribution in [0.4, 0.5) is 5.82 Å². The minimum atomic E-state index is 0.135. The van der Waals surface area contributed by atoms with Crippen molar-refractivity contribution in [3.63, 3.8) is 0 Å². The fraction of sp³-hybridized carbons (Fsp3) is 0.381. The van der Waals surface area contributed by atoms with E-state index in [-0.39, 0.29) is 18.7 Å². The van der Waals surface area contributed by atoms with Crippen LogP contribution in [0, 0.1) is 0 Å². The summed E-state index contributed by atoms with van der Waals surface area (Å²) in [4.78, 5) is 25.0. The van der Waals surface area contributed by atoms with Gasteiger partial charge in [0.2, 0.25) is 12.7 Å². The number of ether oxygens (including phenoxy) is 2. The van der Waals surface area contributed by atoms with Crippen molar-refractivity contribution in [1.29, 1.82) is 0 Å². The highest BCUT2D eigenvalue weighted by molar-refractivity contribution is 6.01. The molecule has 2 aromatic heterocycles. The van der Waals surface area contributed by atoms with Crippen molar-refractivity contribution in [1.82, 2.24) is 24.3 Å². The van der Waals surface area contributed by atoms with E-state index in [1.807, 2.05) is 42.1 Å². The summed E-state index contributed by atoms with van der Waals surface area (Å²) in [7, 11) is 3.81. The zero-order valence-corrected chi connectivity index (χ0v) is 17.0. The third-order valence-electron chi connectivity index (χ3n) is 5.68. The minimum Gasteiger partial charge on any atom is -0.454 e. The zero-order chi connectivity index (χ0) is 20.8. The fourth-order valence-electron chi connectivity index (χ4n) is 4.24. The third-order valence-corrected chi connectivity index (χ3v) is 5.68. The summed E-state index contributed by atoms with van der Waals surface area (Å²) in [5.41, 5.74) is 8.94. The second kappa shape index (κ2) is 7.17. The van der Waals surface area contributed by atoms with Gasteiger partial charge in [-0.1, -0.05) is 6.07 Å². The van der Waals surface area contributed by atoms with E-state index in [4.69, 9.17) is 15.2 Å². The maximum atomic E-state index is 12.5. The molecule has 9 heteroatoms. The molecule has 30 heavy (non-hydrogen) atoms. The standard InChI is InChI=1S/C21H24N6O3/c1-25(2)10-18(28)26-6-5-14(8-26)27-9-15(19-20(22)23-11-24-21(19)27)13-3-4-16-17(7-13)30-12-29-16/h3-4,7,9,11,14H,5-6,8,10,12H2,1-2H3,(H2,22,23,24)/t14-/m0/s1. The topological polar surface area (TPSA) is 98.7 Å². The summed E-state index contributed by atoms with van der Waals surface area (Å²) in [5.74, 6) is 2.02. The Hall–Kier alpha value is -3.33. The van der Waals surface area contributed by atoms with Gasteiger partial charge in [0.15, 0.2) is 11.5 Å². The maximum absolute atomic E-state index is 12.5. The van der Waals surface area contributed by atoms with Gasteiger partial charge in [-0.05, 0) is 38.2 Å². The number of hydrogen-bond acceptors (Lipinski definition) is 7. The van der Waals surface area contributed by atoms with Crippen LogP contribution in [-0.2, 0) is 4.79 Å². The second-order valence-electron chi connectivity index (χ2n) is 8.00. The minimum absolute atomic E-state index is 0.135. The van der Waals surface area contributed by atoms with Crippen LogP contribution in [0.25, 0.3) is 22.2 Å². The Morgan fingerprint density at radius 1 is 1.27 bits per heavy atom. The van der Waals surface area contributed by atoms with E-state index in [1.165, 1.54) is 6.33 Å². The lowest BCUT2D eigenvalue weighted by atomic mass is 10.1. The van der Waals surface area contributed by atoms with Crippen molar-refractivity contribution in [2.45, 2.75) is 12.5 Å². The molecule has 4 heterocycles. The van der Waals surface area contributed by atoms with E-state index in [0.29, 0.717) is 24.7 Å². The average Bonchev–Trinajstić information content (AvgIpc) is 3.44. The number of likely N-dealkylation sites (tertiary alicyclic amines) is 1. The Bertz CT molecular complexity index is 1130. The van der Waals surface area contributed by atoms with Gasteiger partial charge in [-0.3, -0.25) is 4.79 Å². The summed E-state index contributed by atoms with van der Waals surface area (Å²) in [6.07, 6.45) is 4.42. The molecule has 1 aromatic carbocycles. The molecular weight excluding hydrogens is 384 g/mol. The average molecular weight is 408 g/mol. The lowest BCUT2D eigenvalue weighted by Gasteiger charge is -2.19. The molecule has 1 atom stereocenters. The molecule has 2 N–H and O–H groups in total. The highest BCUT2D eigenvalue weighted by atomic mass is 16.7. The van der Waals surface area contributed by atoms with Gasteiger partial charge in [-0.15, -0.1) is 0 Å². The molecule has 0 bridgehead atoms. The Morgan fingerprint density at radius 3 is 2.93 bits per heavy atom. The molecule has 156 valence electrons. The Balaban J connectivity index is 1.53. The van der Waals surface area contributed by atoms with Crippen molar-refractivity contribution < 1.29 is 14.3 Å². The largest absolute Gasteiger partial charge is 0.454 e. The van der Waals surface area contributed by atoms with Gasteiger partial charge in [0.1, 0.15) is 17.8 Å². The van der Waals surface area contributed by atoms with Crippen LogP contribution in [-0.4, -0.2) is 70.8 Å². The molecule has 0 aliphatic carbocycles. The predicted molar refractivity (Wildman–Crippen MR) is 112 cm³/mol. The summed E-state index contributed by atoms with van der Waals surface area (Å²) in [6, 6.07) is 5.98. The lowest BCUT2D eigenvalue weighted by molar-refractivity contribution is -0.130. The van der Waals surface area contributed by atoms with E-state index in [2.05, 4.69) is 20.7 Å². The van der Waals surface area contributed by atoms with Gasteiger partial charge in [-0.25, -0.2) is 9.97 Å². The predicted octanol–water partition coefficient (Wildman–Crippen LogP) is 1.74. The molecule has 1 saturated heterocycles. The van der Waals surface area contributed by atoms with Gasteiger partial charge in [-0.2, -0.15) is 0 Å². The van der Waals surface area contributed by atoms with Crippen molar-refractivity contribution in [3.05, 3.63) is 30.7 Å². The zero-order valence-electron chi connectivity index (χ0n) is 17.0. The Kier molecular flexibility index (Phi) is 4.47. The van der Waals surface area contributed by atoms with E-state index >= 15 is 0 Å². The Labute approximate surface area is 174 Å². The van der Waals surface area contributed by atoms with Crippen LogP contribution in [0.15, 0.2) is 30.7 Å². The van der Waals surface area contributed by atoms with Crippen molar-refractivity contribution >= 4 is 22.8 Å². The van der Waals surface area contributed by atoms with Crippen LogP contribution in [0.1, 0.15) is 12.5 Å². The third kappa shape index (κ3) is 3.11. The maximum Gasteiger partial charge on any atom is 0.236 e. The number of carbonyl (C=O) groups is 1. The van der Waals surface area contributed by atoms with Crippen molar-refractivity contribution in [2.24, 2.45) is 0 Å². The number of aromatic nitrogens is 3. The summed E-state index contributed by atoms with van der Waals surface area (Å²) in [5, 5.41) is 0.814. The number of likely N-dealkylation sites (N-methyl/N-ethyl adjacent to an activating group) is 1. The molecule has 2 aliphatic rings. The first-order chi connectivity index (χ1) is 14.5. The molecule has 2 aliphatic heterocycles. The molecule has 0 spiro atoms. The first-order valence-corrected chi connectivity index (χ1v) is 9.95. The van der Waals surface area contributed by atoms with E-state index in [9.17, 15) is 4.79 Å². The fourth-order valence-corrected chi connectivity index (χ4v) is 4.24. The van der Waals surface area contributed by atoms with Gasteiger partial charge < -0.3 is 29.6 Å². The van der Waals surface area contributed by atoms with Gasteiger partial charge in [0.05, 0.1) is 18.0 Å². The molecule has 0 unspecified atom stereocenters. The van der Waals surface area contributed by atoms with Gasteiger partial charge in [0, 0.05) is 24.8 Å². The van der Waals surface area contributed by atoms with Gasteiger partial charge >= 0.3 is 0 Å². The SMILES string of the molecule is CN(C)CC(=O)N1CC[C@H](n2cc(-c3ccc4c(c3)OCO4)c3c(N)ncnc32)C1. The van der Waals surface area contributed by atoms with E-state index in [0.717, 1.165) is 40.9 Å². The second-order valence-corrected chi connectivity index (χ2v) is 8.00. The molecule has 0 radical (unpaired) electrons. The monoisotopic (exact) mass is 408 g/mol. The van der Waals surface area contributed by atoms with Crippen LogP contribution in [0.3, 0.4) is 0 Å². The van der Waals surface area contributed by atoms with Crippen molar-refractivity contribution in [2.75, 3.05) is 46.3 Å². The lowest BCUT2D eigenvalue weighted by Crippen LogP contribution is -2.36. The van der Waals surface area contributed by atoms with E-state index in [1.54, 1.807) is 0 Å². The Morgan fingerprint density at radius 2 is 2.10 bits per heavy atom. The number of nitrogens with zero attached hydrogens (tertiary/aromatic N) is 5. The molecule has 3 aromatic rings. The first kappa shape index (κ1) is 18.7. The molecule has 0 saturated carbocycles. The molecular formula is C21H24N6O3. The number of carbonyl (C=O) groups excluding carboxylic acids is 1. The highest BCUT2D eigenvalue weighted by Crippen LogP contribution is 2.40. The first-order valence-electron chi connectivity index (χ1n) is 9.95. The number of hydrogen-bond donors (Lipinski definition) is 1. The number of benzene rings is 1. The number of amides is 1. The summed E-state index contributed by atoms with van der Waals surface area (Å²) < 4.78 is 13.1. The van der Waals surface area contributed by atoms with Crippen LogP contribution in [0.2, 0.25) is 0 Å². The highest BCUT2D eigenvalue weighted by Gasteiger charge is 2.30. The molecule has 5 rings (SSSR count). The smallest absolute Gasteiger partial charge is 0.236 e. The number of anilines is 1. The number of rotatable bonds is 4. The molecule has 1 fully saturated rings. The normalized spacial score (nSPS) is 18.0. The quantitative estimate of drug-likeness (QED) is 0.702. The van der Waals surface area contributed by atoms with Crippen LogP contribution in [0.5, 0.6) is 11.5 Å². The van der Waals surface area contributed by atoms with E-state index < -0.39 is 0 Å². The number of fused-ring (bicyclic) bond motifs is 2. The van der Waals surface area contributed by atoms with Crippen molar-refractivity contribution in [3.8, 4) is 22.6 Å². The number of nitrogens with two attached hydrogens (primary N) is 1. The molecule has 9 nitrogen and oxygen atoms in total. The number of nitrogen functional groups attached to an aromatic ring is 1. The van der Waals surface area contributed by atoms with Crippen LogP contribution >= 0.6 is 0 Å². The summed E-state index contributed by atoms with van der Waals surface area (Å²) >= 11 is 0.